The van der Waals surface area contributed by atoms with Crippen LogP contribution in [0.3, 0.4) is 0 Å². The van der Waals surface area contributed by atoms with Gasteiger partial charge in [-0.25, -0.2) is 4.98 Å². The number of methoxy groups -OCH3 is 1. The van der Waals surface area contributed by atoms with E-state index in [1.165, 1.54) is 5.56 Å². The third kappa shape index (κ3) is 6.91. The molecular weight excluding hydrogens is 695 g/mol. The second kappa shape index (κ2) is 14.9. The second-order valence-corrected chi connectivity index (χ2v) is 14.7. The topological polar surface area (TPSA) is 39.9 Å². The van der Waals surface area contributed by atoms with E-state index in [0.29, 0.717) is 17.3 Å². The van der Waals surface area contributed by atoms with E-state index in [4.69, 9.17) is 18.8 Å². The van der Waals surface area contributed by atoms with Crippen molar-refractivity contribution < 1.29 is 8.85 Å². The van der Waals surface area contributed by atoms with Crippen molar-refractivity contribution in [3.8, 4) is 78.6 Å². The summed E-state index contributed by atoms with van der Waals surface area (Å²) >= 11 is 0. The van der Waals surface area contributed by atoms with Crippen molar-refractivity contribution in [3.05, 3.63) is 192 Å². The molecule has 0 fully saturated rings. The molecule has 0 N–H and O–H groups in total. The van der Waals surface area contributed by atoms with Crippen LogP contribution in [0.15, 0.2) is 170 Å². The van der Waals surface area contributed by atoms with Gasteiger partial charge in [-0.3, -0.25) is 9.55 Å². The maximum Gasteiger partial charge on any atom is 0.149 e. The first-order chi connectivity index (χ1) is 29.0. The molecule has 276 valence electrons. The molecule has 0 saturated carbocycles. The van der Waals surface area contributed by atoms with Gasteiger partial charge in [-0.15, -0.1) is 0 Å². The van der Waals surface area contributed by atoms with Gasteiger partial charge in [-0.05, 0) is 138 Å². The number of aromatic nitrogens is 3. The Morgan fingerprint density at radius 2 is 1.19 bits per heavy atom. The van der Waals surface area contributed by atoms with Crippen LogP contribution in [0, 0.1) is 27.6 Å². The van der Waals surface area contributed by atoms with Gasteiger partial charge in [-0.1, -0.05) is 115 Å². The van der Waals surface area contributed by atoms with Crippen LogP contribution >= 0.6 is 0 Å². The number of pyridine rings is 1. The van der Waals surface area contributed by atoms with Crippen LogP contribution in [0.4, 0.5) is 0 Å². The van der Waals surface area contributed by atoms with Crippen molar-refractivity contribution in [1.82, 2.24) is 14.5 Å². The average molecular weight is 741 g/mol. The van der Waals surface area contributed by atoms with E-state index in [-0.39, 0.29) is 5.56 Å². The zero-order chi connectivity index (χ0) is 41.5. The van der Waals surface area contributed by atoms with E-state index in [0.717, 1.165) is 83.5 Å². The molecule has 0 bridgehead atoms. The van der Waals surface area contributed by atoms with E-state index in [1.54, 1.807) is 19.2 Å². The average Bonchev–Trinajstić information content (AvgIpc) is 3.66. The number of hydrogen-bond acceptors (Lipinski definition) is 3. The summed E-state index contributed by atoms with van der Waals surface area (Å²) in [5, 5.41) is 0. The predicted octanol–water partition coefficient (Wildman–Crippen LogP) is 13.7. The fourth-order valence-electron chi connectivity index (χ4n) is 7.95. The van der Waals surface area contributed by atoms with Crippen molar-refractivity contribution in [1.29, 1.82) is 0 Å². The van der Waals surface area contributed by atoms with E-state index in [1.807, 2.05) is 49.5 Å². The van der Waals surface area contributed by atoms with Crippen LogP contribution in [0.2, 0.25) is 0 Å². The Morgan fingerprint density at radius 3 is 1.91 bits per heavy atom. The molecule has 9 aromatic rings. The molecule has 0 aliphatic heterocycles. The lowest BCUT2D eigenvalue weighted by Crippen LogP contribution is -2.01. The molecule has 2 aromatic heterocycles. The lowest BCUT2D eigenvalue weighted by molar-refractivity contribution is 0.413. The molecule has 0 radical (unpaired) electrons. The van der Waals surface area contributed by atoms with Crippen LogP contribution in [0.5, 0.6) is 5.75 Å². The summed E-state index contributed by atoms with van der Waals surface area (Å²) < 4.78 is 33.8. The SMILES string of the molecule is [2H]C([2H])([2H])c1cc(-c2ccccc2)cc(-n2c(-c3cc(C)cc(C)c3OC)nc3c(-c4cc(-c5ccccc5)cc(-c5cc(-c6ccc(C)cc6)ccn5)c4)cccc32)c1. The molecule has 9 rings (SSSR count). The van der Waals surface area contributed by atoms with Gasteiger partial charge in [0.05, 0.1) is 29.4 Å². The fraction of sp³-hybridized carbons (Fsp3) is 0.0943. The predicted molar refractivity (Wildman–Crippen MR) is 237 cm³/mol. The third-order valence-electron chi connectivity index (χ3n) is 10.6. The number of ether oxygens (including phenoxy) is 1. The van der Waals surface area contributed by atoms with Gasteiger partial charge in [-0.2, -0.15) is 0 Å². The molecule has 0 aliphatic carbocycles. The van der Waals surface area contributed by atoms with Gasteiger partial charge < -0.3 is 4.74 Å². The Morgan fingerprint density at radius 1 is 0.509 bits per heavy atom. The smallest absolute Gasteiger partial charge is 0.149 e. The number of aryl methyl sites for hydroxylation is 4. The van der Waals surface area contributed by atoms with Gasteiger partial charge in [0.2, 0.25) is 0 Å². The fourth-order valence-corrected chi connectivity index (χ4v) is 7.95. The van der Waals surface area contributed by atoms with Crippen molar-refractivity contribution in [3.63, 3.8) is 0 Å². The first-order valence-electron chi connectivity index (χ1n) is 20.7. The largest absolute Gasteiger partial charge is 0.496 e. The summed E-state index contributed by atoms with van der Waals surface area (Å²) in [7, 11) is 1.68. The number of para-hydroxylation sites is 1. The molecule has 0 atom stereocenters. The molecule has 0 aliphatic rings. The van der Waals surface area contributed by atoms with Crippen molar-refractivity contribution in [2.45, 2.75) is 27.6 Å². The number of fused-ring (bicyclic) bond motifs is 1. The standard InChI is InChI=1S/C53H43N3O/c1-34-19-21-40(22-20-34)41-23-24-54-49(33-41)45-30-43(39-15-10-7-11-16-39)29-44(31-45)47-17-12-18-50-51(47)55-53(48-28-35(2)25-37(4)52(48)57-5)56(50)46-27-36(3)26-42(32-46)38-13-8-6-9-14-38/h6-33H,1-5H3/i3D3. The minimum absolute atomic E-state index is 0.246. The van der Waals surface area contributed by atoms with Gasteiger partial charge in [0, 0.05) is 27.1 Å². The maximum absolute atomic E-state index is 8.54. The van der Waals surface area contributed by atoms with E-state index in [9.17, 15) is 0 Å². The normalized spacial score (nSPS) is 12.2. The molecule has 0 saturated heterocycles. The summed E-state index contributed by atoms with van der Waals surface area (Å²) in [4.78, 5) is 10.4. The van der Waals surface area contributed by atoms with Crippen molar-refractivity contribution in [2.75, 3.05) is 7.11 Å². The molecule has 0 amide bonds. The van der Waals surface area contributed by atoms with Crippen molar-refractivity contribution >= 4 is 11.0 Å². The van der Waals surface area contributed by atoms with Crippen LogP contribution in [0.1, 0.15) is 26.4 Å². The van der Waals surface area contributed by atoms with Crippen LogP contribution in [0.25, 0.3) is 83.9 Å². The zero-order valence-electron chi connectivity index (χ0n) is 35.4. The maximum atomic E-state index is 8.54. The third-order valence-corrected chi connectivity index (χ3v) is 10.6. The second-order valence-electron chi connectivity index (χ2n) is 14.7. The number of rotatable bonds is 8. The Labute approximate surface area is 339 Å². The lowest BCUT2D eigenvalue weighted by Gasteiger charge is -2.16. The van der Waals surface area contributed by atoms with E-state index < -0.39 is 6.85 Å². The molecule has 4 nitrogen and oxygen atoms in total. The molecular formula is C53H43N3O. The summed E-state index contributed by atoms with van der Waals surface area (Å²) in [6.45, 7) is 3.85. The zero-order valence-corrected chi connectivity index (χ0v) is 32.4. The molecule has 57 heavy (non-hydrogen) atoms. The Bertz CT molecular complexity index is 3030. The summed E-state index contributed by atoms with van der Waals surface area (Å²) in [6, 6.07) is 55.7. The number of benzene rings is 7. The Kier molecular flexibility index (Phi) is 8.42. The van der Waals surface area contributed by atoms with Gasteiger partial charge >= 0.3 is 0 Å². The Balaban J connectivity index is 1.32. The van der Waals surface area contributed by atoms with Gasteiger partial charge in [0.1, 0.15) is 11.6 Å². The Hall–Kier alpha value is -7.04. The van der Waals surface area contributed by atoms with Crippen LogP contribution < -0.4 is 4.74 Å². The quantitative estimate of drug-likeness (QED) is 0.156. The van der Waals surface area contributed by atoms with Crippen LogP contribution in [-0.2, 0) is 0 Å². The molecule has 7 aromatic carbocycles. The molecule has 4 heteroatoms. The molecule has 2 heterocycles. The molecule has 0 spiro atoms. The summed E-state index contributed by atoms with van der Waals surface area (Å²) in [6.07, 6.45) is 1.88. The van der Waals surface area contributed by atoms with Crippen LogP contribution in [-0.4, -0.2) is 21.6 Å². The summed E-state index contributed by atoms with van der Waals surface area (Å²) in [5.41, 5.74) is 16.4. The van der Waals surface area contributed by atoms with Gasteiger partial charge in [0.15, 0.2) is 0 Å². The van der Waals surface area contributed by atoms with E-state index in [2.05, 4.69) is 134 Å². The minimum Gasteiger partial charge on any atom is -0.496 e. The van der Waals surface area contributed by atoms with Crippen molar-refractivity contribution in [2.24, 2.45) is 0 Å². The number of nitrogens with zero attached hydrogens (tertiary/aromatic N) is 3. The highest BCUT2D eigenvalue weighted by molar-refractivity contribution is 5.98. The lowest BCUT2D eigenvalue weighted by atomic mass is 9.93. The highest BCUT2D eigenvalue weighted by atomic mass is 16.5. The highest BCUT2D eigenvalue weighted by Crippen LogP contribution is 2.42. The van der Waals surface area contributed by atoms with Gasteiger partial charge in [0.25, 0.3) is 0 Å². The first kappa shape index (κ1) is 32.2. The van der Waals surface area contributed by atoms with E-state index >= 15 is 0 Å². The monoisotopic (exact) mass is 740 g/mol. The molecule has 0 unspecified atom stereocenters. The minimum atomic E-state index is -2.35. The number of hydrogen-bond donors (Lipinski definition) is 0. The highest BCUT2D eigenvalue weighted by Gasteiger charge is 2.23. The number of imidazole rings is 1. The first-order valence-corrected chi connectivity index (χ1v) is 19.2. The summed E-state index contributed by atoms with van der Waals surface area (Å²) in [5.74, 6) is 1.36.